The van der Waals surface area contributed by atoms with Gasteiger partial charge in [-0.05, 0) is 44.0 Å². The molecule has 3 aromatic rings. The summed E-state index contributed by atoms with van der Waals surface area (Å²) in [6.07, 6.45) is -2.08. The standard InChI is InChI=1S/C22H19F6N5O/c1-13-17(23)6-5-16(19(13)33-30-9-10-31-33)20(34)32-11-8-21(24,25)18(32)7-4-15-3-2-14(12-29-15)22(26,27)28/h2-3,5-6,9-10,12,18H,4,7-8,11H2,1H3/t18-/m1/s1. The normalized spacial score (nSPS) is 17.9. The van der Waals surface area contributed by atoms with Crippen LogP contribution in [0.1, 0.15) is 40.0 Å². The lowest BCUT2D eigenvalue weighted by atomic mass is 10.0. The van der Waals surface area contributed by atoms with Crippen LogP contribution in [0.4, 0.5) is 26.3 Å². The van der Waals surface area contributed by atoms with Gasteiger partial charge in [-0.25, -0.2) is 13.2 Å². The van der Waals surface area contributed by atoms with Crippen LogP contribution >= 0.6 is 0 Å². The average molecular weight is 483 g/mol. The molecular formula is C22H19F6N5O. The average Bonchev–Trinajstić information content (AvgIpc) is 3.41. The van der Waals surface area contributed by atoms with Gasteiger partial charge in [0.05, 0.1) is 29.6 Å². The first kappa shape index (κ1) is 23.7. The summed E-state index contributed by atoms with van der Waals surface area (Å²) in [5, 5.41) is 7.88. The number of pyridine rings is 1. The molecule has 1 atom stereocenters. The monoisotopic (exact) mass is 483 g/mol. The molecule has 0 N–H and O–H groups in total. The molecule has 0 saturated carbocycles. The predicted octanol–water partition coefficient (Wildman–Crippen LogP) is 4.61. The second-order valence-corrected chi connectivity index (χ2v) is 7.99. The Balaban J connectivity index is 1.59. The summed E-state index contributed by atoms with van der Waals surface area (Å²) in [5.41, 5.74) is -0.648. The quantitative estimate of drug-likeness (QED) is 0.498. The molecule has 6 nitrogen and oxygen atoms in total. The molecular weight excluding hydrogens is 464 g/mol. The zero-order valence-electron chi connectivity index (χ0n) is 17.9. The lowest BCUT2D eigenvalue weighted by molar-refractivity contribution is -0.137. The van der Waals surface area contributed by atoms with Crippen LogP contribution in [0.25, 0.3) is 5.69 Å². The molecule has 1 aliphatic heterocycles. The van der Waals surface area contributed by atoms with Crippen LogP contribution in [0, 0.1) is 12.7 Å². The number of likely N-dealkylation sites (tertiary alicyclic amines) is 1. The maximum atomic E-state index is 14.7. The van der Waals surface area contributed by atoms with Gasteiger partial charge in [0.1, 0.15) is 11.5 Å². The Bertz CT molecular complexity index is 1180. The van der Waals surface area contributed by atoms with E-state index in [4.69, 9.17) is 0 Å². The van der Waals surface area contributed by atoms with E-state index in [1.54, 1.807) is 0 Å². The topological polar surface area (TPSA) is 63.9 Å². The van der Waals surface area contributed by atoms with Gasteiger partial charge in [-0.2, -0.15) is 28.2 Å². The van der Waals surface area contributed by atoms with Crippen molar-refractivity contribution in [1.82, 2.24) is 24.9 Å². The Morgan fingerprint density at radius 1 is 1.15 bits per heavy atom. The van der Waals surface area contributed by atoms with E-state index < -0.39 is 41.8 Å². The number of aromatic nitrogens is 4. The minimum absolute atomic E-state index is 0.0366. The maximum Gasteiger partial charge on any atom is 0.417 e. The number of carbonyl (C=O) groups is 1. The molecule has 0 bridgehead atoms. The van der Waals surface area contributed by atoms with E-state index in [2.05, 4.69) is 15.2 Å². The van der Waals surface area contributed by atoms with Gasteiger partial charge in [0, 0.05) is 30.4 Å². The third kappa shape index (κ3) is 4.48. The van der Waals surface area contributed by atoms with Crippen molar-refractivity contribution in [2.75, 3.05) is 6.54 Å². The SMILES string of the molecule is Cc1c(F)ccc(C(=O)N2CCC(F)(F)[C@H]2CCc2ccc(C(F)(F)F)cn2)c1-n1nccn1. The number of nitrogens with zero attached hydrogens (tertiary/aromatic N) is 5. The van der Waals surface area contributed by atoms with Crippen molar-refractivity contribution < 1.29 is 31.1 Å². The number of benzene rings is 1. The first-order valence-electron chi connectivity index (χ1n) is 10.4. The number of amides is 1. The highest BCUT2D eigenvalue weighted by Crippen LogP contribution is 2.38. The molecule has 0 spiro atoms. The third-order valence-corrected chi connectivity index (χ3v) is 5.85. The van der Waals surface area contributed by atoms with Gasteiger partial charge in [0.2, 0.25) is 0 Å². The lowest BCUT2D eigenvalue weighted by Crippen LogP contribution is -2.43. The summed E-state index contributed by atoms with van der Waals surface area (Å²) in [6.45, 7) is 1.19. The molecule has 1 aliphatic rings. The van der Waals surface area contributed by atoms with E-state index in [1.165, 1.54) is 25.4 Å². The molecule has 0 aliphatic carbocycles. The minimum atomic E-state index is -4.55. The first-order valence-corrected chi connectivity index (χ1v) is 10.4. The number of hydrogen-bond donors (Lipinski definition) is 0. The molecule has 0 unspecified atom stereocenters. The zero-order valence-corrected chi connectivity index (χ0v) is 17.9. The summed E-state index contributed by atoms with van der Waals surface area (Å²) < 4.78 is 81.8. The largest absolute Gasteiger partial charge is 0.417 e. The van der Waals surface area contributed by atoms with Gasteiger partial charge in [-0.1, -0.05) is 0 Å². The van der Waals surface area contributed by atoms with Crippen molar-refractivity contribution >= 4 is 5.91 Å². The van der Waals surface area contributed by atoms with E-state index in [9.17, 15) is 31.1 Å². The highest BCUT2D eigenvalue weighted by molar-refractivity contribution is 5.98. The molecule has 180 valence electrons. The second kappa shape index (κ2) is 8.73. The van der Waals surface area contributed by atoms with Crippen LogP contribution in [0.5, 0.6) is 0 Å². The molecule has 34 heavy (non-hydrogen) atoms. The number of aryl methyl sites for hydroxylation is 1. The molecule has 4 rings (SSSR count). The summed E-state index contributed by atoms with van der Waals surface area (Å²) in [4.78, 5) is 19.1. The fourth-order valence-corrected chi connectivity index (χ4v) is 4.05. The number of carbonyl (C=O) groups excluding carboxylic acids is 1. The van der Waals surface area contributed by atoms with Gasteiger partial charge in [0.25, 0.3) is 11.8 Å². The van der Waals surface area contributed by atoms with Crippen LogP contribution in [0.2, 0.25) is 0 Å². The smallest absolute Gasteiger partial charge is 0.329 e. The molecule has 0 radical (unpaired) electrons. The molecule has 1 aromatic carbocycles. The zero-order chi connectivity index (χ0) is 24.7. The number of alkyl halides is 5. The Hall–Kier alpha value is -3.44. The number of rotatable bonds is 5. The lowest BCUT2D eigenvalue weighted by Gasteiger charge is -2.28. The Morgan fingerprint density at radius 2 is 1.85 bits per heavy atom. The number of halogens is 6. The summed E-state index contributed by atoms with van der Waals surface area (Å²) in [5.74, 6) is -4.56. The van der Waals surface area contributed by atoms with E-state index in [0.29, 0.717) is 6.20 Å². The van der Waals surface area contributed by atoms with Crippen molar-refractivity contribution in [3.05, 3.63) is 71.1 Å². The van der Waals surface area contributed by atoms with Crippen molar-refractivity contribution in [1.29, 1.82) is 0 Å². The second-order valence-electron chi connectivity index (χ2n) is 7.99. The highest BCUT2D eigenvalue weighted by Gasteiger charge is 2.50. The maximum absolute atomic E-state index is 14.7. The van der Waals surface area contributed by atoms with Crippen LogP contribution in [-0.2, 0) is 12.6 Å². The summed E-state index contributed by atoms with van der Waals surface area (Å²) in [7, 11) is 0. The summed E-state index contributed by atoms with van der Waals surface area (Å²) >= 11 is 0. The first-order chi connectivity index (χ1) is 16.0. The van der Waals surface area contributed by atoms with Crippen LogP contribution in [-0.4, -0.2) is 49.3 Å². The Morgan fingerprint density at radius 3 is 2.47 bits per heavy atom. The molecule has 1 fully saturated rings. The van der Waals surface area contributed by atoms with E-state index in [-0.39, 0.29) is 41.9 Å². The molecule has 2 aromatic heterocycles. The predicted molar refractivity (Wildman–Crippen MR) is 108 cm³/mol. The van der Waals surface area contributed by atoms with Gasteiger partial charge in [0.15, 0.2) is 0 Å². The van der Waals surface area contributed by atoms with Gasteiger partial charge in [-0.15, -0.1) is 0 Å². The molecule has 3 heterocycles. The van der Waals surface area contributed by atoms with Crippen molar-refractivity contribution in [2.45, 2.75) is 44.3 Å². The highest BCUT2D eigenvalue weighted by atomic mass is 19.4. The Labute approximate surface area is 190 Å². The summed E-state index contributed by atoms with van der Waals surface area (Å²) in [6, 6.07) is 2.74. The van der Waals surface area contributed by atoms with E-state index in [0.717, 1.165) is 27.9 Å². The molecule has 12 heteroatoms. The number of hydrogen-bond acceptors (Lipinski definition) is 4. The van der Waals surface area contributed by atoms with Crippen molar-refractivity contribution in [3.63, 3.8) is 0 Å². The van der Waals surface area contributed by atoms with Gasteiger partial charge >= 0.3 is 6.18 Å². The van der Waals surface area contributed by atoms with E-state index in [1.807, 2.05) is 0 Å². The van der Waals surface area contributed by atoms with Gasteiger partial charge in [-0.3, -0.25) is 9.78 Å². The van der Waals surface area contributed by atoms with Crippen molar-refractivity contribution in [2.24, 2.45) is 0 Å². The van der Waals surface area contributed by atoms with Crippen LogP contribution < -0.4 is 0 Å². The minimum Gasteiger partial charge on any atom is -0.329 e. The van der Waals surface area contributed by atoms with Gasteiger partial charge < -0.3 is 4.90 Å². The third-order valence-electron chi connectivity index (χ3n) is 5.85. The fourth-order valence-electron chi connectivity index (χ4n) is 4.05. The fraction of sp³-hybridized carbons (Fsp3) is 0.364. The molecule has 1 saturated heterocycles. The van der Waals surface area contributed by atoms with Crippen molar-refractivity contribution in [3.8, 4) is 5.69 Å². The Kier molecular flexibility index (Phi) is 6.09. The van der Waals surface area contributed by atoms with Crippen LogP contribution in [0.15, 0.2) is 42.9 Å². The van der Waals surface area contributed by atoms with Crippen LogP contribution in [0.3, 0.4) is 0 Å². The molecule has 1 amide bonds. The van der Waals surface area contributed by atoms with E-state index >= 15 is 0 Å².